The molecule has 6 heteroatoms. The van der Waals surface area contributed by atoms with Gasteiger partial charge < -0.3 is 15.2 Å². The van der Waals surface area contributed by atoms with Gasteiger partial charge in [0.25, 0.3) is 0 Å². The summed E-state index contributed by atoms with van der Waals surface area (Å²) in [5.74, 6) is 0.998. The van der Waals surface area contributed by atoms with Gasteiger partial charge in [-0.1, -0.05) is 11.6 Å². The maximum atomic E-state index is 6.05. The maximum absolute atomic E-state index is 6.05. The van der Waals surface area contributed by atoms with Crippen molar-refractivity contribution in [2.45, 2.75) is 6.42 Å². The number of likely N-dealkylation sites (N-methyl/N-ethyl adjacent to an activating group) is 1. The summed E-state index contributed by atoms with van der Waals surface area (Å²) in [6.45, 7) is 2.77. The van der Waals surface area contributed by atoms with Crippen molar-refractivity contribution in [3.05, 3.63) is 35.0 Å². The van der Waals surface area contributed by atoms with Gasteiger partial charge in [-0.3, -0.25) is 4.99 Å². The number of aliphatic imine (C=N–C) groups is 1. The summed E-state index contributed by atoms with van der Waals surface area (Å²) in [6, 6.07) is 5.94. The number of halogens is 2. The Morgan fingerprint density at radius 2 is 2.30 bits per heavy atom. The Balaban J connectivity index is 0.00000147. The van der Waals surface area contributed by atoms with E-state index in [0.717, 1.165) is 42.6 Å². The van der Waals surface area contributed by atoms with Crippen molar-refractivity contribution in [1.82, 2.24) is 15.2 Å². The van der Waals surface area contributed by atoms with E-state index in [9.17, 15) is 0 Å². The van der Waals surface area contributed by atoms with E-state index < -0.39 is 0 Å². The van der Waals surface area contributed by atoms with Gasteiger partial charge in [0, 0.05) is 42.3 Å². The first kappa shape index (κ1) is 15.4. The van der Waals surface area contributed by atoms with Crippen LogP contribution in [0.5, 0.6) is 0 Å². The van der Waals surface area contributed by atoms with Gasteiger partial charge in [-0.2, -0.15) is 0 Å². The monoisotopic (exact) mass is 404 g/mol. The van der Waals surface area contributed by atoms with Crippen molar-refractivity contribution < 1.29 is 0 Å². The fourth-order valence-corrected chi connectivity index (χ4v) is 2.56. The molecule has 0 fully saturated rings. The second-order valence-electron chi connectivity index (χ2n) is 4.81. The number of guanidine groups is 1. The molecule has 2 aromatic rings. The molecular formula is C14H18ClIN4. The van der Waals surface area contributed by atoms with Crippen LogP contribution in [0.15, 0.2) is 29.4 Å². The van der Waals surface area contributed by atoms with Crippen LogP contribution in [-0.2, 0) is 6.42 Å². The van der Waals surface area contributed by atoms with Crippen molar-refractivity contribution in [2.24, 2.45) is 4.99 Å². The highest BCUT2D eigenvalue weighted by Crippen LogP contribution is 2.22. The van der Waals surface area contributed by atoms with Crippen LogP contribution in [0.3, 0.4) is 0 Å². The van der Waals surface area contributed by atoms with Gasteiger partial charge in [0.05, 0.1) is 6.54 Å². The van der Waals surface area contributed by atoms with E-state index >= 15 is 0 Å². The first-order valence-electron chi connectivity index (χ1n) is 6.49. The Morgan fingerprint density at radius 1 is 1.45 bits per heavy atom. The van der Waals surface area contributed by atoms with Crippen LogP contribution in [-0.4, -0.2) is 42.5 Å². The molecular weight excluding hydrogens is 387 g/mol. The van der Waals surface area contributed by atoms with Gasteiger partial charge in [0.2, 0.25) is 0 Å². The Bertz CT molecular complexity index is 623. The van der Waals surface area contributed by atoms with Crippen molar-refractivity contribution in [1.29, 1.82) is 0 Å². The predicted octanol–water partition coefficient (Wildman–Crippen LogP) is 2.87. The molecule has 2 N–H and O–H groups in total. The lowest BCUT2D eigenvalue weighted by atomic mass is 10.1. The minimum absolute atomic E-state index is 0. The largest absolute Gasteiger partial charge is 0.361 e. The summed E-state index contributed by atoms with van der Waals surface area (Å²) in [4.78, 5) is 9.83. The number of rotatable bonds is 3. The third kappa shape index (κ3) is 3.20. The summed E-state index contributed by atoms with van der Waals surface area (Å²) >= 11 is 6.05. The number of fused-ring (bicyclic) bond motifs is 1. The number of aromatic amines is 1. The fourth-order valence-electron chi connectivity index (χ4n) is 2.39. The van der Waals surface area contributed by atoms with Gasteiger partial charge in [-0.15, -0.1) is 24.0 Å². The first-order valence-corrected chi connectivity index (χ1v) is 6.87. The highest BCUT2D eigenvalue weighted by atomic mass is 127. The van der Waals surface area contributed by atoms with Crippen LogP contribution in [0, 0.1) is 0 Å². The standard InChI is InChI=1S/C14H17ClN4.HI/c1-19-7-6-17-14(19)16-5-4-10-9-18-13-3-2-11(15)8-12(10)13;/h2-3,8-9,18H,4-7H2,1H3,(H,16,17);1H. The predicted molar refractivity (Wildman–Crippen MR) is 95.4 cm³/mol. The zero-order valence-electron chi connectivity index (χ0n) is 11.3. The molecule has 0 amide bonds. The number of nitrogens with one attached hydrogen (secondary N) is 2. The van der Waals surface area contributed by atoms with E-state index in [1.54, 1.807) is 0 Å². The molecule has 1 aliphatic heterocycles. The molecule has 1 aromatic heterocycles. The molecule has 1 aliphatic rings. The number of benzene rings is 1. The molecule has 0 bridgehead atoms. The summed E-state index contributed by atoms with van der Waals surface area (Å²) in [5.41, 5.74) is 2.42. The number of hydrogen-bond donors (Lipinski definition) is 2. The smallest absolute Gasteiger partial charge is 0.193 e. The highest BCUT2D eigenvalue weighted by molar-refractivity contribution is 14.0. The van der Waals surface area contributed by atoms with E-state index in [1.807, 2.05) is 18.2 Å². The van der Waals surface area contributed by atoms with Crippen molar-refractivity contribution in [2.75, 3.05) is 26.7 Å². The molecule has 1 aromatic carbocycles. The minimum atomic E-state index is 0. The van der Waals surface area contributed by atoms with E-state index in [0.29, 0.717) is 0 Å². The van der Waals surface area contributed by atoms with E-state index in [-0.39, 0.29) is 24.0 Å². The molecule has 0 aliphatic carbocycles. The number of hydrogen-bond acceptors (Lipinski definition) is 3. The highest BCUT2D eigenvalue weighted by Gasteiger charge is 2.11. The van der Waals surface area contributed by atoms with E-state index in [1.165, 1.54) is 10.9 Å². The minimum Gasteiger partial charge on any atom is -0.361 e. The Kier molecular flexibility index (Phi) is 5.15. The Morgan fingerprint density at radius 3 is 3.05 bits per heavy atom. The Hall–Kier alpha value is -0.950. The molecule has 0 unspecified atom stereocenters. The third-order valence-electron chi connectivity index (χ3n) is 3.47. The second kappa shape index (κ2) is 6.67. The van der Waals surface area contributed by atoms with Crippen LogP contribution in [0.25, 0.3) is 10.9 Å². The van der Waals surface area contributed by atoms with Gasteiger partial charge in [0.1, 0.15) is 0 Å². The summed E-state index contributed by atoms with van der Waals surface area (Å²) < 4.78 is 0. The lowest BCUT2D eigenvalue weighted by Crippen LogP contribution is -2.36. The van der Waals surface area contributed by atoms with Gasteiger partial charge >= 0.3 is 0 Å². The molecule has 108 valence electrons. The average Bonchev–Trinajstić information content (AvgIpc) is 2.97. The lowest BCUT2D eigenvalue weighted by molar-refractivity contribution is 0.534. The van der Waals surface area contributed by atoms with Crippen molar-refractivity contribution in [3.8, 4) is 0 Å². The summed E-state index contributed by atoms with van der Waals surface area (Å²) in [5, 5.41) is 5.36. The van der Waals surface area contributed by atoms with E-state index in [4.69, 9.17) is 11.6 Å². The molecule has 0 spiro atoms. The van der Waals surface area contributed by atoms with Crippen LogP contribution in [0.4, 0.5) is 0 Å². The topological polar surface area (TPSA) is 43.4 Å². The number of nitrogens with zero attached hydrogens (tertiary/aromatic N) is 2. The normalized spacial score (nSPS) is 14.3. The van der Waals surface area contributed by atoms with Crippen LogP contribution in [0.1, 0.15) is 5.56 Å². The van der Waals surface area contributed by atoms with Crippen LogP contribution in [0.2, 0.25) is 5.02 Å². The molecule has 0 saturated carbocycles. The van der Waals surface area contributed by atoms with Crippen LogP contribution >= 0.6 is 35.6 Å². The molecule has 20 heavy (non-hydrogen) atoms. The maximum Gasteiger partial charge on any atom is 0.193 e. The van der Waals surface area contributed by atoms with Crippen molar-refractivity contribution in [3.63, 3.8) is 0 Å². The molecule has 4 nitrogen and oxygen atoms in total. The molecule has 0 radical (unpaired) electrons. The third-order valence-corrected chi connectivity index (χ3v) is 3.70. The SMILES string of the molecule is CN1CCN=C1NCCc1c[nH]c2ccc(Cl)cc12.I. The zero-order valence-corrected chi connectivity index (χ0v) is 14.4. The summed E-state index contributed by atoms with van der Waals surface area (Å²) in [6.07, 6.45) is 3.01. The van der Waals surface area contributed by atoms with Crippen LogP contribution < -0.4 is 5.32 Å². The van der Waals surface area contributed by atoms with E-state index in [2.05, 4.69) is 33.4 Å². The zero-order chi connectivity index (χ0) is 13.2. The fraction of sp³-hybridized carbons (Fsp3) is 0.357. The molecule has 0 saturated heterocycles. The molecule has 0 atom stereocenters. The number of H-pyrrole nitrogens is 1. The van der Waals surface area contributed by atoms with Gasteiger partial charge in [0.15, 0.2) is 5.96 Å². The number of aromatic nitrogens is 1. The average molecular weight is 405 g/mol. The van der Waals surface area contributed by atoms with Gasteiger partial charge in [-0.05, 0) is 30.2 Å². The first-order chi connectivity index (χ1) is 9.24. The van der Waals surface area contributed by atoms with Crippen molar-refractivity contribution >= 4 is 52.4 Å². The lowest BCUT2D eigenvalue weighted by Gasteiger charge is -2.14. The summed E-state index contributed by atoms with van der Waals surface area (Å²) in [7, 11) is 2.06. The second-order valence-corrected chi connectivity index (χ2v) is 5.24. The quantitative estimate of drug-likeness (QED) is 0.773. The Labute approximate surface area is 140 Å². The molecule has 3 rings (SSSR count). The van der Waals surface area contributed by atoms with Gasteiger partial charge in [-0.25, -0.2) is 0 Å². The molecule has 2 heterocycles.